The number of allylic oxidation sites excluding steroid dienone is 1. The van der Waals surface area contributed by atoms with Crippen LogP contribution in [-0.2, 0) is 0 Å². The lowest BCUT2D eigenvalue weighted by atomic mass is 10.1. The summed E-state index contributed by atoms with van der Waals surface area (Å²) < 4.78 is 32.6. The molecular weight excluding hydrogens is 268 g/mol. The Hall–Kier alpha value is -2.15. The van der Waals surface area contributed by atoms with Crippen LogP contribution in [0.5, 0.6) is 0 Å². The summed E-state index contributed by atoms with van der Waals surface area (Å²) in [5.41, 5.74) is 6.69. The highest BCUT2D eigenvalue weighted by Crippen LogP contribution is 2.32. The SMILES string of the molecule is [2H]C1([2H])C(Nc2nc(N)nc3c2ncn3[C@H]2C=C[C@H](CO)C2)C1([2H])[2H]. The second-order valence-electron chi connectivity index (χ2n) is 5.25. The van der Waals surface area contributed by atoms with Crippen molar-refractivity contribution in [2.45, 2.75) is 31.3 Å². The van der Waals surface area contributed by atoms with Crippen LogP contribution in [0.1, 0.15) is 30.7 Å². The summed E-state index contributed by atoms with van der Waals surface area (Å²) in [5.74, 6) is 0.307. The minimum Gasteiger partial charge on any atom is -0.396 e. The van der Waals surface area contributed by atoms with Crippen LogP contribution in [0, 0.1) is 5.92 Å². The van der Waals surface area contributed by atoms with E-state index in [4.69, 9.17) is 11.2 Å². The molecule has 2 aromatic rings. The molecule has 110 valence electrons. The predicted octanol–water partition coefficient (Wildman–Crippen LogP) is 1.09. The Labute approximate surface area is 127 Å². The van der Waals surface area contributed by atoms with Gasteiger partial charge in [-0.15, -0.1) is 0 Å². The number of aliphatic hydroxyl groups excluding tert-OH is 1. The quantitative estimate of drug-likeness (QED) is 0.729. The third-order valence-corrected chi connectivity index (χ3v) is 3.75. The van der Waals surface area contributed by atoms with Crippen LogP contribution in [0.25, 0.3) is 11.2 Å². The molecule has 1 saturated carbocycles. The summed E-state index contributed by atoms with van der Waals surface area (Å²) in [6.45, 7) is 0.0788. The number of nitrogen functional groups attached to an aromatic ring is 1. The van der Waals surface area contributed by atoms with Crippen molar-refractivity contribution in [2.24, 2.45) is 5.92 Å². The number of rotatable bonds is 4. The topological polar surface area (TPSA) is 102 Å². The molecule has 4 N–H and O–H groups in total. The van der Waals surface area contributed by atoms with E-state index >= 15 is 0 Å². The molecule has 4 rings (SSSR count). The predicted molar refractivity (Wildman–Crippen MR) is 79.7 cm³/mol. The lowest BCUT2D eigenvalue weighted by molar-refractivity contribution is 0.244. The van der Waals surface area contributed by atoms with Crippen LogP contribution in [0.4, 0.5) is 11.8 Å². The van der Waals surface area contributed by atoms with Gasteiger partial charge in [-0.25, -0.2) is 4.98 Å². The molecule has 2 aliphatic carbocycles. The van der Waals surface area contributed by atoms with Crippen molar-refractivity contribution in [1.82, 2.24) is 19.5 Å². The van der Waals surface area contributed by atoms with Crippen LogP contribution in [0.3, 0.4) is 0 Å². The van der Waals surface area contributed by atoms with E-state index in [1.165, 1.54) is 0 Å². The van der Waals surface area contributed by atoms with Gasteiger partial charge in [-0.1, -0.05) is 12.2 Å². The monoisotopic (exact) mass is 290 g/mol. The van der Waals surface area contributed by atoms with Gasteiger partial charge in [0.15, 0.2) is 17.0 Å². The molecule has 0 spiro atoms. The van der Waals surface area contributed by atoms with Crippen molar-refractivity contribution in [3.8, 4) is 0 Å². The van der Waals surface area contributed by atoms with Gasteiger partial charge in [0.1, 0.15) is 0 Å². The van der Waals surface area contributed by atoms with E-state index in [1.54, 1.807) is 6.33 Å². The molecular formula is C14H18N6O. The molecule has 0 aromatic carbocycles. The van der Waals surface area contributed by atoms with Gasteiger partial charge in [0.05, 0.1) is 12.4 Å². The van der Waals surface area contributed by atoms with Crippen LogP contribution in [0.2, 0.25) is 0 Å². The van der Waals surface area contributed by atoms with Crippen molar-refractivity contribution in [1.29, 1.82) is 0 Å². The molecule has 2 atom stereocenters. The van der Waals surface area contributed by atoms with Crippen molar-refractivity contribution in [3.05, 3.63) is 18.5 Å². The first kappa shape index (κ1) is 8.99. The molecule has 0 bridgehead atoms. The Morgan fingerprint density at radius 1 is 1.43 bits per heavy atom. The number of imidazole rings is 1. The number of nitrogens with one attached hydrogen (secondary N) is 1. The van der Waals surface area contributed by atoms with E-state index in [1.807, 2.05) is 16.7 Å². The zero-order valence-corrected chi connectivity index (χ0v) is 11.2. The molecule has 2 aromatic heterocycles. The number of nitrogens with zero attached hydrogens (tertiary/aromatic N) is 4. The number of aromatic nitrogens is 4. The Morgan fingerprint density at radius 3 is 3.00 bits per heavy atom. The van der Waals surface area contributed by atoms with E-state index in [9.17, 15) is 5.11 Å². The summed E-state index contributed by atoms with van der Waals surface area (Å²) in [4.78, 5) is 12.6. The highest BCUT2D eigenvalue weighted by atomic mass is 16.3. The first-order valence-electron chi connectivity index (χ1n) is 8.81. The van der Waals surface area contributed by atoms with Gasteiger partial charge >= 0.3 is 0 Å². The lowest BCUT2D eigenvalue weighted by Crippen LogP contribution is -2.10. The molecule has 2 aliphatic rings. The largest absolute Gasteiger partial charge is 0.396 e. The summed E-state index contributed by atoms with van der Waals surface area (Å²) >= 11 is 0. The Bertz CT molecular complexity index is 852. The Kier molecular flexibility index (Phi) is 2.01. The number of aliphatic hydroxyl groups is 1. The van der Waals surface area contributed by atoms with Crippen LogP contribution >= 0.6 is 0 Å². The number of fused-ring (bicyclic) bond motifs is 1. The van der Waals surface area contributed by atoms with E-state index in [-0.39, 0.29) is 30.3 Å². The van der Waals surface area contributed by atoms with Crippen LogP contribution in [0.15, 0.2) is 18.5 Å². The molecule has 2 heterocycles. The number of nitrogens with two attached hydrogens (primary N) is 1. The van der Waals surface area contributed by atoms with Gasteiger partial charge in [0.2, 0.25) is 5.95 Å². The van der Waals surface area contributed by atoms with Crippen molar-refractivity contribution < 1.29 is 10.6 Å². The zero-order valence-electron chi connectivity index (χ0n) is 15.2. The fraction of sp³-hybridized carbons (Fsp3) is 0.500. The third kappa shape index (κ3) is 2.23. The molecule has 7 nitrogen and oxygen atoms in total. The van der Waals surface area contributed by atoms with Gasteiger partial charge in [-0.2, -0.15) is 9.97 Å². The first-order chi connectivity index (χ1) is 11.8. The zero-order chi connectivity index (χ0) is 18.0. The fourth-order valence-corrected chi connectivity index (χ4v) is 2.62. The average molecular weight is 290 g/mol. The highest BCUT2D eigenvalue weighted by Gasteiger charge is 2.26. The molecule has 1 fully saturated rings. The second-order valence-corrected chi connectivity index (χ2v) is 5.25. The highest BCUT2D eigenvalue weighted by molar-refractivity contribution is 5.84. The first-order valence-corrected chi connectivity index (χ1v) is 6.81. The van der Waals surface area contributed by atoms with E-state index in [0.29, 0.717) is 11.2 Å². The van der Waals surface area contributed by atoms with Gasteiger partial charge in [-0.3, -0.25) is 0 Å². The maximum Gasteiger partial charge on any atom is 0.224 e. The summed E-state index contributed by atoms with van der Waals surface area (Å²) in [7, 11) is 0. The Morgan fingerprint density at radius 2 is 2.29 bits per heavy atom. The molecule has 0 amide bonds. The number of hydrogen-bond donors (Lipinski definition) is 3. The normalized spacial score (nSPS) is 32.4. The summed E-state index contributed by atoms with van der Waals surface area (Å²) in [5, 5.41) is 12.1. The maximum atomic E-state index is 9.28. The Balaban J connectivity index is 1.70. The van der Waals surface area contributed by atoms with Crippen molar-refractivity contribution >= 4 is 22.9 Å². The summed E-state index contributed by atoms with van der Waals surface area (Å²) in [6.07, 6.45) is 2.30. The van der Waals surface area contributed by atoms with Gasteiger partial charge in [0, 0.05) is 24.0 Å². The van der Waals surface area contributed by atoms with E-state index in [2.05, 4.69) is 20.3 Å². The minimum atomic E-state index is -1.98. The van der Waals surface area contributed by atoms with Gasteiger partial charge in [0.25, 0.3) is 0 Å². The smallest absolute Gasteiger partial charge is 0.224 e. The molecule has 0 unspecified atom stereocenters. The molecule has 7 heteroatoms. The number of hydrogen-bond acceptors (Lipinski definition) is 6. The number of anilines is 2. The standard InChI is InChI=1S/C14H18N6O/c15-14-18-12(17-9-2-3-9)11-13(19-14)20(7-16-11)10-4-1-8(5-10)6-21/h1,4,7-10,21H,2-3,5-6H2,(H3,15,17,18,19)/t8-,10-/m0/s1/i2D2,3D2. The van der Waals surface area contributed by atoms with Crippen molar-refractivity contribution in [2.75, 3.05) is 17.7 Å². The van der Waals surface area contributed by atoms with E-state index < -0.39 is 18.8 Å². The minimum absolute atomic E-state index is 0.000734. The summed E-state index contributed by atoms with van der Waals surface area (Å²) in [6, 6.07) is -1.03. The maximum absolute atomic E-state index is 9.28. The third-order valence-electron chi connectivity index (χ3n) is 3.75. The van der Waals surface area contributed by atoms with Gasteiger partial charge in [-0.05, 0) is 19.2 Å². The molecule has 0 saturated heterocycles. The second kappa shape index (κ2) is 4.70. The van der Waals surface area contributed by atoms with Crippen molar-refractivity contribution in [3.63, 3.8) is 0 Å². The fourth-order valence-electron chi connectivity index (χ4n) is 2.62. The average Bonchev–Trinajstić information content (AvgIpc) is 3.03. The molecule has 21 heavy (non-hydrogen) atoms. The van der Waals surface area contributed by atoms with Crippen LogP contribution < -0.4 is 11.1 Å². The van der Waals surface area contributed by atoms with Crippen LogP contribution in [-0.4, -0.2) is 37.3 Å². The van der Waals surface area contributed by atoms with Gasteiger partial charge < -0.3 is 20.7 Å². The molecule has 0 radical (unpaired) electrons. The lowest BCUT2D eigenvalue weighted by Gasteiger charge is -2.13. The van der Waals surface area contributed by atoms with E-state index in [0.717, 1.165) is 6.42 Å². The molecule has 0 aliphatic heterocycles.